The quantitative estimate of drug-likeness (QED) is 0.458. The number of carboxylic acids is 1. The number of amides is 2. The van der Waals surface area contributed by atoms with Crippen LogP contribution in [-0.2, 0) is 4.79 Å². The second kappa shape index (κ2) is 7.84. The number of hydrogen-bond acceptors (Lipinski definition) is 2. The van der Waals surface area contributed by atoms with E-state index in [0.29, 0.717) is 6.54 Å². The van der Waals surface area contributed by atoms with Gasteiger partial charge in [-0.05, 0) is 20.3 Å². The normalized spacial score (nSPS) is 12.4. The molecule has 1 atom stereocenters. The Labute approximate surface area is 89.6 Å². The number of urea groups is 1. The minimum atomic E-state index is -0.920. The minimum absolute atomic E-state index is 0.0672. The van der Waals surface area contributed by atoms with E-state index >= 15 is 0 Å². The van der Waals surface area contributed by atoms with Gasteiger partial charge in [0.25, 0.3) is 0 Å². The monoisotopic (exact) mass is 214 g/mol. The number of carboxylic acid groups (broad SMARTS) is 1. The largest absolute Gasteiger partial charge is 0.481 e. The highest BCUT2D eigenvalue weighted by molar-refractivity contribution is 5.75. The molecule has 0 spiro atoms. The number of carbonyl (C=O) groups is 2. The molecule has 0 fully saturated rings. The summed E-state index contributed by atoms with van der Waals surface area (Å²) in [7, 11) is 0. The summed E-state index contributed by atoms with van der Waals surface area (Å²) in [6, 6.07) is -0.683. The van der Waals surface area contributed by atoms with Crippen LogP contribution in [-0.4, -0.2) is 29.7 Å². The van der Waals surface area contributed by atoms with Gasteiger partial charge in [0, 0.05) is 12.6 Å². The van der Waals surface area contributed by atoms with Gasteiger partial charge in [-0.2, -0.15) is 0 Å². The topological polar surface area (TPSA) is 78.4 Å². The molecule has 0 aliphatic heterocycles. The fraction of sp³-hybridized carbons (Fsp3) is 0.600. The van der Waals surface area contributed by atoms with Gasteiger partial charge in [0.05, 0.1) is 6.42 Å². The maximum atomic E-state index is 11.2. The lowest BCUT2D eigenvalue weighted by Crippen LogP contribution is -2.41. The molecular weight excluding hydrogens is 196 g/mol. The maximum absolute atomic E-state index is 11.2. The van der Waals surface area contributed by atoms with E-state index in [-0.39, 0.29) is 18.5 Å². The van der Waals surface area contributed by atoms with E-state index < -0.39 is 5.97 Å². The summed E-state index contributed by atoms with van der Waals surface area (Å²) in [6.45, 7) is 4.12. The van der Waals surface area contributed by atoms with E-state index in [4.69, 9.17) is 5.11 Å². The van der Waals surface area contributed by atoms with Crippen molar-refractivity contribution in [3.63, 3.8) is 0 Å². The first-order chi connectivity index (χ1) is 7.06. The molecule has 0 radical (unpaired) electrons. The van der Waals surface area contributed by atoms with E-state index in [9.17, 15) is 9.59 Å². The molecular formula is C10H18N2O3. The van der Waals surface area contributed by atoms with Crippen LogP contribution in [0.4, 0.5) is 4.79 Å². The summed E-state index contributed by atoms with van der Waals surface area (Å²) in [5.74, 6) is -0.920. The molecule has 86 valence electrons. The van der Waals surface area contributed by atoms with Crippen molar-refractivity contribution >= 4 is 12.0 Å². The summed E-state index contributed by atoms with van der Waals surface area (Å²) in [4.78, 5) is 21.5. The summed E-state index contributed by atoms with van der Waals surface area (Å²) in [6.07, 6.45) is 4.56. The summed E-state index contributed by atoms with van der Waals surface area (Å²) < 4.78 is 0. The Kier molecular flexibility index (Phi) is 7.05. The minimum Gasteiger partial charge on any atom is -0.481 e. The summed E-state index contributed by atoms with van der Waals surface area (Å²) in [5.41, 5.74) is 0. The Morgan fingerprint density at radius 3 is 2.67 bits per heavy atom. The standard InChI is InChI=1S/C10H18N2O3/c1-3-4-5-6-11-10(15)12-8(2)7-9(13)14/h3-4,8H,5-7H2,1-2H3,(H,13,14)(H2,11,12,15)/b4-3+. The molecule has 5 nitrogen and oxygen atoms in total. The van der Waals surface area contributed by atoms with E-state index in [1.165, 1.54) is 0 Å². The molecule has 0 saturated heterocycles. The van der Waals surface area contributed by atoms with Crippen LogP contribution in [0.25, 0.3) is 0 Å². The zero-order valence-electron chi connectivity index (χ0n) is 9.12. The van der Waals surface area contributed by atoms with Crippen LogP contribution < -0.4 is 10.6 Å². The van der Waals surface area contributed by atoms with Gasteiger partial charge in [-0.1, -0.05) is 12.2 Å². The number of allylic oxidation sites excluding steroid dienone is 1. The lowest BCUT2D eigenvalue weighted by Gasteiger charge is -2.11. The van der Waals surface area contributed by atoms with E-state index in [1.54, 1.807) is 6.92 Å². The third kappa shape index (κ3) is 8.80. The second-order valence-electron chi connectivity index (χ2n) is 3.26. The van der Waals surface area contributed by atoms with Gasteiger partial charge in [0.1, 0.15) is 0 Å². The molecule has 0 bridgehead atoms. The zero-order chi connectivity index (χ0) is 11.7. The molecule has 0 aromatic carbocycles. The Balaban J connectivity index is 3.59. The first-order valence-electron chi connectivity index (χ1n) is 4.93. The molecule has 0 aromatic rings. The first kappa shape index (κ1) is 13.5. The number of hydrogen-bond donors (Lipinski definition) is 3. The highest BCUT2D eigenvalue weighted by atomic mass is 16.4. The molecule has 5 heteroatoms. The van der Waals surface area contributed by atoms with Crippen molar-refractivity contribution in [2.75, 3.05) is 6.54 Å². The lowest BCUT2D eigenvalue weighted by atomic mass is 10.2. The van der Waals surface area contributed by atoms with Gasteiger partial charge < -0.3 is 15.7 Å². The van der Waals surface area contributed by atoms with Crippen LogP contribution >= 0.6 is 0 Å². The number of carbonyl (C=O) groups excluding carboxylic acids is 1. The highest BCUT2D eigenvalue weighted by Gasteiger charge is 2.09. The van der Waals surface area contributed by atoms with Crippen LogP contribution in [0.2, 0.25) is 0 Å². The van der Waals surface area contributed by atoms with Gasteiger partial charge in [-0.25, -0.2) is 4.79 Å². The Morgan fingerprint density at radius 2 is 2.13 bits per heavy atom. The van der Waals surface area contributed by atoms with Crippen LogP contribution in [0, 0.1) is 0 Å². The fourth-order valence-corrected chi connectivity index (χ4v) is 1.02. The van der Waals surface area contributed by atoms with Gasteiger partial charge in [-0.15, -0.1) is 0 Å². The van der Waals surface area contributed by atoms with Gasteiger partial charge >= 0.3 is 12.0 Å². The zero-order valence-corrected chi connectivity index (χ0v) is 9.12. The number of rotatable bonds is 6. The van der Waals surface area contributed by atoms with Gasteiger partial charge in [0.15, 0.2) is 0 Å². The molecule has 15 heavy (non-hydrogen) atoms. The molecule has 0 heterocycles. The molecule has 0 aliphatic rings. The van der Waals surface area contributed by atoms with Gasteiger partial charge in [-0.3, -0.25) is 4.79 Å². The number of aliphatic carboxylic acids is 1. The molecule has 0 rings (SSSR count). The van der Waals surface area contributed by atoms with E-state index in [2.05, 4.69) is 10.6 Å². The Bertz CT molecular complexity index is 239. The van der Waals surface area contributed by atoms with E-state index in [1.807, 2.05) is 19.1 Å². The van der Waals surface area contributed by atoms with Crippen molar-refractivity contribution in [2.24, 2.45) is 0 Å². The average Bonchev–Trinajstić information content (AvgIpc) is 2.10. The Hall–Kier alpha value is -1.52. The van der Waals surface area contributed by atoms with Crippen LogP contribution in [0.15, 0.2) is 12.2 Å². The van der Waals surface area contributed by atoms with Crippen molar-refractivity contribution in [1.29, 1.82) is 0 Å². The third-order valence-electron chi connectivity index (χ3n) is 1.69. The molecule has 0 aliphatic carbocycles. The lowest BCUT2D eigenvalue weighted by molar-refractivity contribution is -0.137. The predicted molar refractivity (Wildman–Crippen MR) is 57.7 cm³/mol. The predicted octanol–water partition coefficient (Wildman–Crippen LogP) is 1.11. The van der Waals surface area contributed by atoms with Gasteiger partial charge in [0.2, 0.25) is 0 Å². The molecule has 1 unspecified atom stereocenters. The van der Waals surface area contributed by atoms with E-state index in [0.717, 1.165) is 6.42 Å². The van der Waals surface area contributed by atoms with Crippen molar-refractivity contribution < 1.29 is 14.7 Å². The summed E-state index contributed by atoms with van der Waals surface area (Å²) in [5, 5.41) is 13.6. The maximum Gasteiger partial charge on any atom is 0.315 e. The van der Waals surface area contributed by atoms with Crippen LogP contribution in [0.3, 0.4) is 0 Å². The van der Waals surface area contributed by atoms with Crippen molar-refractivity contribution in [1.82, 2.24) is 10.6 Å². The molecule has 0 aromatic heterocycles. The van der Waals surface area contributed by atoms with Crippen molar-refractivity contribution in [2.45, 2.75) is 32.7 Å². The smallest absolute Gasteiger partial charge is 0.315 e. The fourth-order valence-electron chi connectivity index (χ4n) is 1.02. The average molecular weight is 214 g/mol. The summed E-state index contributed by atoms with van der Waals surface area (Å²) >= 11 is 0. The van der Waals surface area contributed by atoms with Crippen LogP contribution in [0.5, 0.6) is 0 Å². The highest BCUT2D eigenvalue weighted by Crippen LogP contribution is 1.89. The van der Waals surface area contributed by atoms with Crippen molar-refractivity contribution in [3.8, 4) is 0 Å². The van der Waals surface area contributed by atoms with Crippen molar-refractivity contribution in [3.05, 3.63) is 12.2 Å². The molecule has 2 amide bonds. The number of nitrogens with one attached hydrogen (secondary N) is 2. The third-order valence-corrected chi connectivity index (χ3v) is 1.69. The van der Waals surface area contributed by atoms with Crippen LogP contribution in [0.1, 0.15) is 26.7 Å². The molecule has 3 N–H and O–H groups in total. The first-order valence-corrected chi connectivity index (χ1v) is 4.93. The molecule has 0 saturated carbocycles. The Morgan fingerprint density at radius 1 is 1.47 bits per heavy atom. The second-order valence-corrected chi connectivity index (χ2v) is 3.26. The SMILES string of the molecule is C/C=C/CCNC(=O)NC(C)CC(=O)O.